The highest BCUT2D eigenvalue weighted by Crippen LogP contribution is 2.31. The lowest BCUT2D eigenvalue weighted by atomic mass is 10.1. The Labute approximate surface area is 205 Å². The molecule has 1 N–H and O–H groups in total. The van der Waals surface area contributed by atoms with E-state index < -0.39 is 5.97 Å². The second kappa shape index (κ2) is 10.9. The van der Waals surface area contributed by atoms with Crippen molar-refractivity contribution in [2.45, 2.75) is 12.1 Å². The topological polar surface area (TPSA) is 117 Å². The van der Waals surface area contributed by atoms with Crippen LogP contribution in [0.15, 0.2) is 59.8 Å². The van der Waals surface area contributed by atoms with E-state index in [1.165, 1.54) is 11.8 Å². The third kappa shape index (κ3) is 5.35. The van der Waals surface area contributed by atoms with Crippen molar-refractivity contribution in [1.29, 1.82) is 0 Å². The van der Waals surface area contributed by atoms with E-state index in [4.69, 9.17) is 14.2 Å². The number of benzene rings is 2. The minimum absolute atomic E-state index is 0.0419. The SMILES string of the molecule is CCOC(=O)c1ccccc1NC(=O)CSc1nnc2ccc(-c3ccc(OC)c(OC)c3)nn12. The van der Waals surface area contributed by atoms with E-state index in [-0.39, 0.29) is 18.3 Å². The Balaban J connectivity index is 1.50. The molecule has 11 heteroatoms. The molecule has 0 aliphatic carbocycles. The highest BCUT2D eigenvalue weighted by molar-refractivity contribution is 7.99. The number of carbonyl (C=O) groups excluding carboxylic acids is 2. The Hall–Kier alpha value is -4.12. The number of carbonyl (C=O) groups is 2. The zero-order valence-electron chi connectivity index (χ0n) is 19.3. The summed E-state index contributed by atoms with van der Waals surface area (Å²) in [5.74, 6) is 0.449. The molecule has 1 amide bonds. The average molecular weight is 494 g/mol. The summed E-state index contributed by atoms with van der Waals surface area (Å²) in [6.45, 7) is 1.97. The van der Waals surface area contributed by atoms with Gasteiger partial charge in [0.1, 0.15) is 0 Å². The van der Waals surface area contributed by atoms with E-state index in [0.717, 1.165) is 5.56 Å². The minimum atomic E-state index is -0.494. The average Bonchev–Trinajstić information content (AvgIpc) is 3.29. The van der Waals surface area contributed by atoms with Crippen LogP contribution in [0.4, 0.5) is 5.69 Å². The maximum atomic E-state index is 12.6. The first kappa shape index (κ1) is 24.0. The second-order valence-corrected chi connectivity index (χ2v) is 8.09. The van der Waals surface area contributed by atoms with Crippen LogP contribution in [0.25, 0.3) is 16.9 Å². The van der Waals surface area contributed by atoms with Gasteiger partial charge in [-0.1, -0.05) is 23.9 Å². The Kier molecular flexibility index (Phi) is 7.46. The maximum absolute atomic E-state index is 12.6. The quantitative estimate of drug-likeness (QED) is 0.275. The predicted octanol–water partition coefficient (Wildman–Crippen LogP) is 3.72. The number of hydrogen-bond donors (Lipinski definition) is 1. The highest BCUT2D eigenvalue weighted by Gasteiger charge is 2.16. The van der Waals surface area contributed by atoms with Crippen LogP contribution < -0.4 is 14.8 Å². The van der Waals surface area contributed by atoms with Gasteiger partial charge >= 0.3 is 5.97 Å². The van der Waals surface area contributed by atoms with Crippen LogP contribution in [-0.4, -0.2) is 58.3 Å². The van der Waals surface area contributed by atoms with Crippen LogP contribution in [0.3, 0.4) is 0 Å². The van der Waals surface area contributed by atoms with Gasteiger partial charge in [-0.3, -0.25) is 4.79 Å². The number of esters is 1. The van der Waals surface area contributed by atoms with Gasteiger partial charge in [-0.15, -0.1) is 10.2 Å². The van der Waals surface area contributed by atoms with Crippen molar-refractivity contribution in [3.05, 3.63) is 60.2 Å². The van der Waals surface area contributed by atoms with Crippen LogP contribution in [0.5, 0.6) is 11.5 Å². The van der Waals surface area contributed by atoms with Crippen molar-refractivity contribution < 1.29 is 23.8 Å². The van der Waals surface area contributed by atoms with Gasteiger partial charge in [-0.2, -0.15) is 9.61 Å². The van der Waals surface area contributed by atoms with Gasteiger partial charge in [0.15, 0.2) is 17.1 Å². The number of nitrogens with zero attached hydrogens (tertiary/aromatic N) is 4. The number of hydrogen-bond acceptors (Lipinski definition) is 9. The number of rotatable bonds is 9. The molecule has 0 saturated carbocycles. The van der Waals surface area contributed by atoms with Gasteiger partial charge in [0.05, 0.1) is 43.5 Å². The van der Waals surface area contributed by atoms with E-state index in [2.05, 4.69) is 20.6 Å². The first-order valence-electron chi connectivity index (χ1n) is 10.7. The first-order valence-corrected chi connectivity index (χ1v) is 11.7. The molecular formula is C24H23N5O5S. The molecule has 0 spiro atoms. The molecule has 0 saturated heterocycles. The summed E-state index contributed by atoms with van der Waals surface area (Å²) in [6, 6.07) is 15.8. The largest absolute Gasteiger partial charge is 0.493 e. The van der Waals surface area contributed by atoms with Gasteiger partial charge < -0.3 is 19.5 Å². The van der Waals surface area contributed by atoms with Crippen molar-refractivity contribution in [1.82, 2.24) is 19.8 Å². The van der Waals surface area contributed by atoms with Crippen LogP contribution >= 0.6 is 11.8 Å². The zero-order chi connectivity index (χ0) is 24.8. The van der Waals surface area contributed by atoms with E-state index in [1.54, 1.807) is 62.1 Å². The predicted molar refractivity (Wildman–Crippen MR) is 131 cm³/mol. The fraction of sp³-hybridized carbons (Fsp3) is 0.208. The van der Waals surface area contributed by atoms with Gasteiger partial charge in [-0.25, -0.2) is 4.79 Å². The molecule has 0 atom stereocenters. The van der Waals surface area contributed by atoms with E-state index in [9.17, 15) is 9.59 Å². The van der Waals surface area contributed by atoms with Crippen molar-refractivity contribution in [2.24, 2.45) is 0 Å². The van der Waals surface area contributed by atoms with Crippen molar-refractivity contribution in [3.8, 4) is 22.8 Å². The van der Waals surface area contributed by atoms with Crippen LogP contribution in [0.2, 0.25) is 0 Å². The molecule has 0 bridgehead atoms. The molecule has 180 valence electrons. The normalized spacial score (nSPS) is 10.7. The van der Waals surface area contributed by atoms with Gasteiger partial charge in [-0.05, 0) is 49.4 Å². The zero-order valence-corrected chi connectivity index (χ0v) is 20.2. The number of nitrogens with one attached hydrogen (secondary N) is 1. The fourth-order valence-corrected chi connectivity index (χ4v) is 3.99. The highest BCUT2D eigenvalue weighted by atomic mass is 32.2. The number of fused-ring (bicyclic) bond motifs is 1. The third-order valence-corrected chi connectivity index (χ3v) is 5.86. The third-order valence-electron chi connectivity index (χ3n) is 4.94. The van der Waals surface area contributed by atoms with Crippen LogP contribution in [0, 0.1) is 0 Å². The number of anilines is 1. The molecule has 0 radical (unpaired) electrons. The number of para-hydroxylation sites is 1. The molecule has 10 nitrogen and oxygen atoms in total. The summed E-state index contributed by atoms with van der Waals surface area (Å²) >= 11 is 1.18. The molecule has 35 heavy (non-hydrogen) atoms. The lowest BCUT2D eigenvalue weighted by Gasteiger charge is -2.10. The Morgan fingerprint density at radius 2 is 1.80 bits per heavy atom. The molecule has 2 aromatic carbocycles. The van der Waals surface area contributed by atoms with Crippen LogP contribution in [0.1, 0.15) is 17.3 Å². The summed E-state index contributed by atoms with van der Waals surface area (Å²) < 4.78 is 17.3. The monoisotopic (exact) mass is 493 g/mol. The molecule has 0 fully saturated rings. The lowest BCUT2D eigenvalue weighted by Crippen LogP contribution is -2.17. The number of amides is 1. The summed E-state index contributed by atoms with van der Waals surface area (Å²) in [6.07, 6.45) is 0. The summed E-state index contributed by atoms with van der Waals surface area (Å²) in [5, 5.41) is 16.1. The number of aromatic nitrogens is 4. The number of methoxy groups -OCH3 is 2. The summed E-state index contributed by atoms with van der Waals surface area (Å²) in [7, 11) is 3.15. The number of thioether (sulfide) groups is 1. The Morgan fingerprint density at radius 3 is 2.57 bits per heavy atom. The van der Waals surface area contributed by atoms with Gasteiger partial charge in [0.25, 0.3) is 0 Å². The molecule has 0 aliphatic heterocycles. The van der Waals surface area contributed by atoms with Gasteiger partial charge in [0.2, 0.25) is 11.1 Å². The van der Waals surface area contributed by atoms with Crippen molar-refractivity contribution in [2.75, 3.05) is 31.9 Å². The van der Waals surface area contributed by atoms with Crippen LogP contribution in [-0.2, 0) is 9.53 Å². The summed E-state index contributed by atoms with van der Waals surface area (Å²) in [5.41, 5.74) is 2.72. The second-order valence-electron chi connectivity index (χ2n) is 7.14. The lowest BCUT2D eigenvalue weighted by molar-refractivity contribution is -0.113. The van der Waals surface area contributed by atoms with Crippen molar-refractivity contribution in [3.63, 3.8) is 0 Å². The molecule has 0 aliphatic rings. The Morgan fingerprint density at radius 1 is 1.00 bits per heavy atom. The first-order chi connectivity index (χ1) is 17.0. The number of ether oxygens (including phenoxy) is 3. The molecule has 4 rings (SSSR count). The molecular weight excluding hydrogens is 470 g/mol. The Bertz CT molecular complexity index is 1370. The fourth-order valence-electron chi connectivity index (χ4n) is 3.30. The minimum Gasteiger partial charge on any atom is -0.493 e. The standard InChI is InChI=1S/C24H23N5O5S/c1-4-34-23(31)16-7-5-6-8-18(16)25-22(30)14-35-24-27-26-21-12-10-17(28-29(21)24)15-9-11-19(32-2)20(13-15)33-3/h5-13H,4,14H2,1-3H3,(H,25,30). The maximum Gasteiger partial charge on any atom is 0.340 e. The molecule has 0 unspecified atom stereocenters. The van der Waals surface area contributed by atoms with E-state index >= 15 is 0 Å². The molecule has 2 heterocycles. The smallest absolute Gasteiger partial charge is 0.340 e. The molecule has 4 aromatic rings. The molecule has 2 aromatic heterocycles. The van der Waals surface area contributed by atoms with E-state index in [0.29, 0.717) is 39.2 Å². The summed E-state index contributed by atoms with van der Waals surface area (Å²) in [4.78, 5) is 24.7. The van der Waals surface area contributed by atoms with E-state index in [1.807, 2.05) is 18.2 Å². The van der Waals surface area contributed by atoms with Gasteiger partial charge in [0, 0.05) is 5.56 Å². The van der Waals surface area contributed by atoms with Crippen molar-refractivity contribution >= 4 is 35.0 Å².